The molecule has 0 saturated carbocycles. The Morgan fingerprint density at radius 2 is 2.00 bits per heavy atom. The molecular weight excluding hydrogens is 318 g/mol. The van der Waals surface area contributed by atoms with E-state index in [1.54, 1.807) is 7.11 Å². The molecule has 0 aliphatic rings. The highest BCUT2D eigenvalue weighted by Crippen LogP contribution is 2.34. The molecule has 1 amide bonds. The lowest BCUT2D eigenvalue weighted by Gasteiger charge is -2.06. The summed E-state index contributed by atoms with van der Waals surface area (Å²) in [6.07, 6.45) is 0.952. The third-order valence-corrected chi connectivity index (χ3v) is 3.99. The van der Waals surface area contributed by atoms with Gasteiger partial charge in [0.2, 0.25) is 5.91 Å². The first-order valence-corrected chi connectivity index (χ1v) is 8.24. The van der Waals surface area contributed by atoms with E-state index in [2.05, 4.69) is 5.32 Å². The number of fused-ring (bicyclic) bond motifs is 1. The topological polar surface area (TPSA) is 71.7 Å². The van der Waals surface area contributed by atoms with E-state index in [-0.39, 0.29) is 19.1 Å². The number of furan rings is 1. The van der Waals surface area contributed by atoms with Crippen LogP contribution in [0.15, 0.2) is 52.9 Å². The zero-order valence-corrected chi connectivity index (χ0v) is 14.1. The quantitative estimate of drug-likeness (QED) is 0.694. The first-order chi connectivity index (χ1) is 12.2. The standard InChI is InChI=1S/C20H21NO4/c1-24-18-12-14(7-8-19(23)21-9-10-22)11-16-13-17(25-20(16)18)15-5-3-2-4-6-15/h2-6,11-13,22H,7-10H2,1H3,(H,21,23). The Morgan fingerprint density at radius 1 is 1.20 bits per heavy atom. The number of carbonyl (C=O) groups excluding carboxylic acids is 1. The number of rotatable bonds is 7. The highest BCUT2D eigenvalue weighted by molar-refractivity contribution is 5.88. The third kappa shape index (κ3) is 4.00. The summed E-state index contributed by atoms with van der Waals surface area (Å²) < 4.78 is 11.4. The van der Waals surface area contributed by atoms with Crippen molar-refractivity contribution in [2.75, 3.05) is 20.3 Å². The minimum Gasteiger partial charge on any atom is -0.493 e. The maximum absolute atomic E-state index is 11.7. The molecule has 130 valence electrons. The van der Waals surface area contributed by atoms with Crippen molar-refractivity contribution in [3.63, 3.8) is 0 Å². The Balaban J connectivity index is 1.85. The fourth-order valence-corrected chi connectivity index (χ4v) is 2.76. The lowest BCUT2D eigenvalue weighted by molar-refractivity contribution is -0.121. The lowest BCUT2D eigenvalue weighted by atomic mass is 10.1. The predicted octanol–water partition coefficient (Wildman–Crippen LogP) is 3.15. The number of ether oxygens (including phenoxy) is 1. The minimum absolute atomic E-state index is 0.0528. The van der Waals surface area contributed by atoms with E-state index >= 15 is 0 Å². The van der Waals surface area contributed by atoms with E-state index in [1.807, 2.05) is 48.5 Å². The molecule has 2 aromatic carbocycles. The molecule has 0 fully saturated rings. The van der Waals surface area contributed by atoms with Gasteiger partial charge in [-0.3, -0.25) is 4.79 Å². The Kier molecular flexibility index (Phi) is 5.36. The zero-order chi connectivity index (χ0) is 17.6. The molecule has 25 heavy (non-hydrogen) atoms. The summed E-state index contributed by atoms with van der Waals surface area (Å²) in [7, 11) is 1.61. The van der Waals surface area contributed by atoms with E-state index < -0.39 is 0 Å². The fraction of sp³-hybridized carbons (Fsp3) is 0.250. The summed E-state index contributed by atoms with van der Waals surface area (Å²) in [4.78, 5) is 11.7. The molecule has 3 aromatic rings. The van der Waals surface area contributed by atoms with Gasteiger partial charge in [0, 0.05) is 23.9 Å². The minimum atomic E-state index is -0.0784. The van der Waals surface area contributed by atoms with E-state index in [0.29, 0.717) is 24.2 Å². The molecule has 1 aromatic heterocycles. The highest BCUT2D eigenvalue weighted by Gasteiger charge is 2.13. The van der Waals surface area contributed by atoms with Crippen LogP contribution in [0.3, 0.4) is 0 Å². The van der Waals surface area contributed by atoms with Crippen LogP contribution < -0.4 is 10.1 Å². The van der Waals surface area contributed by atoms with E-state index in [9.17, 15) is 4.79 Å². The lowest BCUT2D eigenvalue weighted by Crippen LogP contribution is -2.26. The van der Waals surface area contributed by atoms with Crippen LogP contribution in [-0.4, -0.2) is 31.3 Å². The van der Waals surface area contributed by atoms with Crippen molar-refractivity contribution in [1.29, 1.82) is 0 Å². The first-order valence-electron chi connectivity index (χ1n) is 8.24. The number of nitrogens with one attached hydrogen (secondary N) is 1. The second-order valence-electron chi connectivity index (χ2n) is 5.77. The van der Waals surface area contributed by atoms with Crippen LogP contribution in [-0.2, 0) is 11.2 Å². The molecule has 0 saturated heterocycles. The van der Waals surface area contributed by atoms with E-state index in [4.69, 9.17) is 14.3 Å². The van der Waals surface area contributed by atoms with Crippen LogP contribution in [0.1, 0.15) is 12.0 Å². The number of hydrogen-bond donors (Lipinski definition) is 2. The Morgan fingerprint density at radius 3 is 2.72 bits per heavy atom. The van der Waals surface area contributed by atoms with Crippen molar-refractivity contribution in [2.45, 2.75) is 12.8 Å². The predicted molar refractivity (Wildman–Crippen MR) is 96.6 cm³/mol. The van der Waals surface area contributed by atoms with Gasteiger partial charge in [0.15, 0.2) is 11.3 Å². The molecule has 0 spiro atoms. The number of hydrogen-bond acceptors (Lipinski definition) is 4. The van der Waals surface area contributed by atoms with Crippen LogP contribution in [0.25, 0.3) is 22.3 Å². The van der Waals surface area contributed by atoms with Crippen molar-refractivity contribution < 1.29 is 19.1 Å². The number of benzene rings is 2. The van der Waals surface area contributed by atoms with Crippen LogP contribution in [0.4, 0.5) is 0 Å². The molecule has 0 aliphatic carbocycles. The number of aryl methyl sites for hydroxylation is 1. The maximum Gasteiger partial charge on any atom is 0.220 e. The summed E-state index contributed by atoms with van der Waals surface area (Å²) in [6.45, 7) is 0.228. The fourth-order valence-electron chi connectivity index (χ4n) is 2.76. The van der Waals surface area contributed by atoms with Gasteiger partial charge in [0.1, 0.15) is 5.76 Å². The number of aliphatic hydroxyl groups is 1. The number of carbonyl (C=O) groups is 1. The van der Waals surface area contributed by atoms with Crippen LogP contribution >= 0.6 is 0 Å². The Bertz CT molecular complexity index is 855. The average molecular weight is 339 g/mol. The first kappa shape index (κ1) is 17.0. The molecule has 0 atom stereocenters. The summed E-state index contributed by atoms with van der Waals surface area (Å²) in [5.74, 6) is 1.36. The van der Waals surface area contributed by atoms with Crippen LogP contribution in [0.2, 0.25) is 0 Å². The van der Waals surface area contributed by atoms with Gasteiger partial charge in [0.05, 0.1) is 13.7 Å². The molecule has 2 N–H and O–H groups in total. The molecule has 0 aliphatic heterocycles. The van der Waals surface area contributed by atoms with Gasteiger partial charge in [-0.25, -0.2) is 0 Å². The molecule has 1 heterocycles. The monoisotopic (exact) mass is 339 g/mol. The van der Waals surface area contributed by atoms with Gasteiger partial charge in [-0.1, -0.05) is 30.3 Å². The summed E-state index contributed by atoms with van der Waals surface area (Å²) >= 11 is 0. The van der Waals surface area contributed by atoms with Gasteiger partial charge < -0.3 is 19.6 Å². The number of aliphatic hydroxyl groups excluding tert-OH is 1. The second-order valence-corrected chi connectivity index (χ2v) is 5.77. The van der Waals surface area contributed by atoms with Crippen molar-refractivity contribution in [3.05, 3.63) is 54.1 Å². The van der Waals surface area contributed by atoms with E-state index in [0.717, 1.165) is 22.3 Å². The SMILES string of the molecule is COc1cc(CCC(=O)NCCO)cc2cc(-c3ccccc3)oc12. The van der Waals surface area contributed by atoms with Gasteiger partial charge >= 0.3 is 0 Å². The summed E-state index contributed by atoms with van der Waals surface area (Å²) in [5.41, 5.74) is 2.71. The molecular formula is C20H21NO4. The Labute approximate surface area is 146 Å². The van der Waals surface area contributed by atoms with Crippen LogP contribution in [0, 0.1) is 0 Å². The van der Waals surface area contributed by atoms with Gasteiger partial charge in [-0.2, -0.15) is 0 Å². The molecule has 5 nitrogen and oxygen atoms in total. The van der Waals surface area contributed by atoms with Crippen molar-refractivity contribution >= 4 is 16.9 Å². The number of methoxy groups -OCH3 is 1. The van der Waals surface area contributed by atoms with Crippen LogP contribution in [0.5, 0.6) is 5.75 Å². The zero-order valence-electron chi connectivity index (χ0n) is 14.1. The van der Waals surface area contributed by atoms with E-state index in [1.165, 1.54) is 0 Å². The summed E-state index contributed by atoms with van der Waals surface area (Å²) in [5, 5.41) is 12.3. The average Bonchev–Trinajstić information content (AvgIpc) is 3.09. The second kappa shape index (κ2) is 7.85. The molecule has 3 rings (SSSR count). The highest BCUT2D eigenvalue weighted by atomic mass is 16.5. The molecule has 0 unspecified atom stereocenters. The van der Waals surface area contributed by atoms with Crippen molar-refractivity contribution in [2.24, 2.45) is 0 Å². The largest absolute Gasteiger partial charge is 0.493 e. The smallest absolute Gasteiger partial charge is 0.220 e. The van der Waals surface area contributed by atoms with Gasteiger partial charge in [-0.05, 0) is 30.2 Å². The normalized spacial score (nSPS) is 10.8. The maximum atomic E-state index is 11.7. The Hall–Kier alpha value is -2.79. The van der Waals surface area contributed by atoms with Crippen molar-refractivity contribution in [1.82, 2.24) is 5.32 Å². The van der Waals surface area contributed by atoms with Gasteiger partial charge in [-0.15, -0.1) is 0 Å². The van der Waals surface area contributed by atoms with Gasteiger partial charge in [0.25, 0.3) is 0 Å². The molecule has 0 radical (unpaired) electrons. The number of amides is 1. The van der Waals surface area contributed by atoms with Crippen molar-refractivity contribution in [3.8, 4) is 17.1 Å². The summed E-state index contributed by atoms with van der Waals surface area (Å²) in [6, 6.07) is 15.8. The molecule has 5 heteroatoms. The molecule has 0 bridgehead atoms. The third-order valence-electron chi connectivity index (χ3n) is 3.99.